The Morgan fingerprint density at radius 1 is 1.36 bits per heavy atom. The molecule has 82 valence electrons. The highest BCUT2D eigenvalue weighted by molar-refractivity contribution is 4.82. The molecule has 0 spiro atoms. The van der Waals surface area contributed by atoms with E-state index in [9.17, 15) is 0 Å². The van der Waals surface area contributed by atoms with E-state index in [0.717, 1.165) is 31.5 Å². The first-order chi connectivity index (χ1) is 6.75. The number of morpholine rings is 1. The first kappa shape index (κ1) is 10.4. The van der Waals surface area contributed by atoms with Crippen LogP contribution >= 0.6 is 0 Å². The standard InChI is InChI=1S/C11H22N2O/c1-9-5-12-6-11(9)8-13-3-4-14-10(2)7-13/h9-12H,3-8H2,1-2H3/t9-,10?,11+/m1/s1. The van der Waals surface area contributed by atoms with E-state index in [1.165, 1.54) is 19.6 Å². The second kappa shape index (κ2) is 4.60. The molecule has 0 bridgehead atoms. The van der Waals surface area contributed by atoms with Gasteiger partial charge in [-0.2, -0.15) is 0 Å². The van der Waals surface area contributed by atoms with E-state index >= 15 is 0 Å². The monoisotopic (exact) mass is 198 g/mol. The summed E-state index contributed by atoms with van der Waals surface area (Å²) in [6.07, 6.45) is 0.424. The summed E-state index contributed by atoms with van der Waals surface area (Å²) in [5.41, 5.74) is 0. The van der Waals surface area contributed by atoms with Crippen LogP contribution < -0.4 is 5.32 Å². The summed E-state index contributed by atoms with van der Waals surface area (Å²) in [7, 11) is 0. The van der Waals surface area contributed by atoms with Gasteiger partial charge in [-0.25, -0.2) is 0 Å². The van der Waals surface area contributed by atoms with Gasteiger partial charge in [0.1, 0.15) is 0 Å². The van der Waals surface area contributed by atoms with Crippen molar-refractivity contribution in [2.24, 2.45) is 11.8 Å². The quantitative estimate of drug-likeness (QED) is 0.702. The molecule has 2 aliphatic rings. The average Bonchev–Trinajstić information content (AvgIpc) is 2.52. The van der Waals surface area contributed by atoms with Crippen LogP contribution in [-0.4, -0.2) is 50.3 Å². The smallest absolute Gasteiger partial charge is 0.0674 e. The van der Waals surface area contributed by atoms with Crippen LogP contribution in [0.25, 0.3) is 0 Å². The van der Waals surface area contributed by atoms with Gasteiger partial charge in [-0.1, -0.05) is 6.92 Å². The fraction of sp³-hybridized carbons (Fsp3) is 1.00. The van der Waals surface area contributed by atoms with Crippen LogP contribution in [0.15, 0.2) is 0 Å². The molecule has 3 nitrogen and oxygen atoms in total. The van der Waals surface area contributed by atoms with Gasteiger partial charge in [-0.15, -0.1) is 0 Å². The number of hydrogen-bond donors (Lipinski definition) is 1. The second-order valence-electron chi connectivity index (χ2n) is 4.84. The summed E-state index contributed by atoms with van der Waals surface area (Å²) in [5.74, 6) is 1.69. The van der Waals surface area contributed by atoms with Gasteiger partial charge < -0.3 is 10.1 Å². The molecule has 14 heavy (non-hydrogen) atoms. The van der Waals surface area contributed by atoms with Gasteiger partial charge in [0, 0.05) is 19.6 Å². The molecule has 2 saturated heterocycles. The Morgan fingerprint density at radius 3 is 2.86 bits per heavy atom. The maximum absolute atomic E-state index is 5.54. The molecule has 0 aromatic heterocycles. The topological polar surface area (TPSA) is 24.5 Å². The maximum Gasteiger partial charge on any atom is 0.0674 e. The van der Waals surface area contributed by atoms with Crippen molar-refractivity contribution in [2.75, 3.05) is 39.3 Å². The van der Waals surface area contributed by atoms with Crippen LogP contribution in [0.5, 0.6) is 0 Å². The first-order valence-corrected chi connectivity index (χ1v) is 5.80. The molecule has 0 amide bonds. The molecule has 0 aromatic carbocycles. The van der Waals surface area contributed by atoms with Gasteiger partial charge >= 0.3 is 0 Å². The Balaban J connectivity index is 1.78. The largest absolute Gasteiger partial charge is 0.376 e. The van der Waals surface area contributed by atoms with Gasteiger partial charge in [-0.05, 0) is 31.8 Å². The van der Waals surface area contributed by atoms with Crippen LogP contribution in [0.3, 0.4) is 0 Å². The highest BCUT2D eigenvalue weighted by Crippen LogP contribution is 2.18. The number of nitrogens with zero attached hydrogens (tertiary/aromatic N) is 1. The van der Waals surface area contributed by atoms with E-state index in [1.807, 2.05) is 0 Å². The fourth-order valence-corrected chi connectivity index (χ4v) is 2.50. The summed E-state index contributed by atoms with van der Waals surface area (Å²) in [6, 6.07) is 0. The summed E-state index contributed by atoms with van der Waals surface area (Å²) >= 11 is 0. The summed E-state index contributed by atoms with van der Waals surface area (Å²) in [6.45, 7) is 11.3. The fourth-order valence-electron chi connectivity index (χ4n) is 2.50. The van der Waals surface area contributed by atoms with Crippen LogP contribution in [0.4, 0.5) is 0 Å². The van der Waals surface area contributed by atoms with E-state index in [-0.39, 0.29) is 0 Å². The molecule has 0 aromatic rings. The van der Waals surface area contributed by atoms with Crippen molar-refractivity contribution < 1.29 is 4.74 Å². The van der Waals surface area contributed by atoms with E-state index in [2.05, 4.69) is 24.1 Å². The molecule has 2 aliphatic heterocycles. The number of nitrogens with one attached hydrogen (secondary N) is 1. The Kier molecular flexibility index (Phi) is 3.42. The Hall–Kier alpha value is -0.120. The molecule has 0 saturated carbocycles. The van der Waals surface area contributed by atoms with Gasteiger partial charge in [0.15, 0.2) is 0 Å². The SMILES string of the molecule is CC1CN(C[C@@H]2CNC[C@H]2C)CCO1. The third kappa shape index (κ3) is 2.47. The van der Waals surface area contributed by atoms with Crippen LogP contribution in [0.2, 0.25) is 0 Å². The van der Waals surface area contributed by atoms with Crippen molar-refractivity contribution in [2.45, 2.75) is 20.0 Å². The van der Waals surface area contributed by atoms with Crippen molar-refractivity contribution in [3.63, 3.8) is 0 Å². The van der Waals surface area contributed by atoms with E-state index < -0.39 is 0 Å². The summed E-state index contributed by atoms with van der Waals surface area (Å²) < 4.78 is 5.54. The van der Waals surface area contributed by atoms with Crippen LogP contribution in [0, 0.1) is 11.8 Å². The molecular weight excluding hydrogens is 176 g/mol. The Labute approximate surface area is 86.8 Å². The lowest BCUT2D eigenvalue weighted by molar-refractivity contribution is -0.0237. The molecule has 3 heteroatoms. The van der Waals surface area contributed by atoms with Gasteiger partial charge in [0.25, 0.3) is 0 Å². The minimum absolute atomic E-state index is 0.424. The van der Waals surface area contributed by atoms with Crippen molar-refractivity contribution in [1.82, 2.24) is 10.2 Å². The van der Waals surface area contributed by atoms with Crippen LogP contribution in [-0.2, 0) is 4.74 Å². The molecular formula is C11H22N2O. The zero-order valence-electron chi connectivity index (χ0n) is 9.33. The van der Waals surface area contributed by atoms with Crippen molar-refractivity contribution >= 4 is 0 Å². The normalized spacial score (nSPS) is 40.3. The minimum atomic E-state index is 0.424. The third-order valence-electron chi connectivity index (χ3n) is 3.50. The predicted octanol–water partition coefficient (Wildman–Crippen LogP) is 0.563. The van der Waals surface area contributed by atoms with E-state index in [1.54, 1.807) is 0 Å². The van der Waals surface area contributed by atoms with Gasteiger partial charge in [-0.3, -0.25) is 4.90 Å². The highest BCUT2D eigenvalue weighted by Gasteiger charge is 2.26. The lowest BCUT2D eigenvalue weighted by atomic mass is 9.97. The second-order valence-corrected chi connectivity index (χ2v) is 4.84. The summed E-state index contributed by atoms with van der Waals surface area (Å²) in [4.78, 5) is 2.56. The lowest BCUT2D eigenvalue weighted by Crippen LogP contribution is -2.44. The van der Waals surface area contributed by atoms with E-state index in [0.29, 0.717) is 6.10 Å². The van der Waals surface area contributed by atoms with Gasteiger partial charge in [0.2, 0.25) is 0 Å². The molecule has 2 fully saturated rings. The van der Waals surface area contributed by atoms with E-state index in [4.69, 9.17) is 4.74 Å². The number of hydrogen-bond acceptors (Lipinski definition) is 3. The molecule has 2 heterocycles. The Morgan fingerprint density at radius 2 is 2.21 bits per heavy atom. The van der Waals surface area contributed by atoms with Gasteiger partial charge in [0.05, 0.1) is 12.7 Å². The number of ether oxygens (including phenoxy) is 1. The molecule has 0 radical (unpaired) electrons. The summed E-state index contributed by atoms with van der Waals surface area (Å²) in [5, 5.41) is 3.46. The Bertz CT molecular complexity index is 186. The molecule has 2 rings (SSSR count). The lowest BCUT2D eigenvalue weighted by Gasteiger charge is -2.33. The molecule has 0 aliphatic carbocycles. The average molecular weight is 198 g/mol. The first-order valence-electron chi connectivity index (χ1n) is 5.80. The zero-order valence-corrected chi connectivity index (χ0v) is 9.33. The third-order valence-corrected chi connectivity index (χ3v) is 3.50. The zero-order chi connectivity index (χ0) is 9.97. The molecule has 1 unspecified atom stereocenters. The maximum atomic E-state index is 5.54. The predicted molar refractivity (Wildman–Crippen MR) is 57.4 cm³/mol. The van der Waals surface area contributed by atoms with Crippen LogP contribution in [0.1, 0.15) is 13.8 Å². The van der Waals surface area contributed by atoms with Crippen molar-refractivity contribution in [3.8, 4) is 0 Å². The van der Waals surface area contributed by atoms with Crippen molar-refractivity contribution in [3.05, 3.63) is 0 Å². The molecule has 3 atom stereocenters. The minimum Gasteiger partial charge on any atom is -0.376 e. The highest BCUT2D eigenvalue weighted by atomic mass is 16.5. The number of rotatable bonds is 2. The molecule has 1 N–H and O–H groups in total. The van der Waals surface area contributed by atoms with Crippen molar-refractivity contribution in [1.29, 1.82) is 0 Å².